The monoisotopic (exact) mass is 319 g/mol. The fraction of sp³-hybridized carbons (Fsp3) is 0.333. The van der Waals surface area contributed by atoms with Gasteiger partial charge in [0.25, 0.3) is 5.69 Å². The van der Waals surface area contributed by atoms with Crippen LogP contribution in [0.2, 0.25) is 0 Å². The Morgan fingerprint density at radius 1 is 1.30 bits per heavy atom. The number of methoxy groups -OCH3 is 1. The van der Waals surface area contributed by atoms with E-state index >= 15 is 0 Å². The molecule has 122 valence electrons. The van der Waals surface area contributed by atoms with Gasteiger partial charge in [0, 0.05) is 25.9 Å². The second kappa shape index (κ2) is 6.07. The van der Waals surface area contributed by atoms with Crippen LogP contribution in [0.3, 0.4) is 0 Å². The molecule has 1 unspecified atom stereocenters. The number of esters is 1. The molecule has 0 saturated heterocycles. The van der Waals surface area contributed by atoms with Crippen LogP contribution in [-0.4, -0.2) is 47.9 Å². The van der Waals surface area contributed by atoms with Crippen LogP contribution < -0.4 is 0 Å². The lowest BCUT2D eigenvalue weighted by Gasteiger charge is -2.39. The van der Waals surface area contributed by atoms with Crippen molar-refractivity contribution < 1.29 is 19.2 Å². The van der Waals surface area contributed by atoms with Crippen molar-refractivity contribution in [1.29, 1.82) is 0 Å². The van der Waals surface area contributed by atoms with E-state index in [1.165, 1.54) is 49.2 Å². The van der Waals surface area contributed by atoms with Crippen molar-refractivity contribution in [3.8, 4) is 0 Å². The fourth-order valence-electron chi connectivity index (χ4n) is 2.68. The van der Waals surface area contributed by atoms with Gasteiger partial charge >= 0.3 is 12.0 Å². The van der Waals surface area contributed by atoms with Gasteiger partial charge in [-0.15, -0.1) is 0 Å². The summed E-state index contributed by atoms with van der Waals surface area (Å²) in [5, 5.41) is 11.3. The predicted octanol–water partition coefficient (Wildman–Crippen LogP) is 2.08. The van der Waals surface area contributed by atoms with E-state index in [1.54, 1.807) is 13.0 Å². The number of urea groups is 1. The van der Waals surface area contributed by atoms with E-state index in [4.69, 9.17) is 4.74 Å². The molecule has 1 heterocycles. The van der Waals surface area contributed by atoms with Crippen LogP contribution in [-0.2, 0) is 9.53 Å². The first-order valence-corrected chi connectivity index (χ1v) is 6.84. The van der Waals surface area contributed by atoms with Crippen LogP contribution in [0.15, 0.2) is 35.5 Å². The van der Waals surface area contributed by atoms with E-state index < -0.39 is 16.9 Å². The van der Waals surface area contributed by atoms with Crippen molar-refractivity contribution in [2.45, 2.75) is 13.0 Å². The van der Waals surface area contributed by atoms with E-state index in [9.17, 15) is 19.7 Å². The van der Waals surface area contributed by atoms with Gasteiger partial charge in [0.05, 0.1) is 29.2 Å². The Labute approximate surface area is 133 Å². The van der Waals surface area contributed by atoms with Gasteiger partial charge in [-0.05, 0) is 13.0 Å². The number of carbonyl (C=O) groups excluding carboxylic acids is 2. The van der Waals surface area contributed by atoms with Crippen LogP contribution in [0.5, 0.6) is 0 Å². The number of rotatable bonds is 3. The number of carbonyl (C=O) groups is 2. The molecule has 2 rings (SSSR count). The van der Waals surface area contributed by atoms with Gasteiger partial charge in [-0.25, -0.2) is 9.59 Å². The molecule has 1 aromatic rings. The van der Waals surface area contributed by atoms with E-state index in [-0.39, 0.29) is 22.9 Å². The third-order valence-electron chi connectivity index (χ3n) is 3.98. The Bertz CT molecular complexity index is 713. The zero-order valence-electron chi connectivity index (χ0n) is 13.3. The topological polar surface area (TPSA) is 93.0 Å². The molecule has 0 N–H and O–H groups in total. The molecule has 0 aromatic heterocycles. The summed E-state index contributed by atoms with van der Waals surface area (Å²) < 4.78 is 4.81. The number of amides is 2. The van der Waals surface area contributed by atoms with Crippen molar-refractivity contribution in [2.75, 3.05) is 21.2 Å². The maximum absolute atomic E-state index is 12.4. The summed E-state index contributed by atoms with van der Waals surface area (Å²) in [5.74, 6) is -0.628. The lowest BCUT2D eigenvalue weighted by atomic mass is 9.92. The number of hydrogen-bond donors (Lipinski definition) is 0. The van der Waals surface area contributed by atoms with Crippen molar-refractivity contribution in [2.24, 2.45) is 0 Å². The van der Waals surface area contributed by atoms with Gasteiger partial charge in [0.15, 0.2) is 0 Å². The normalized spacial score (nSPS) is 18.3. The molecule has 0 radical (unpaired) electrons. The number of benzene rings is 1. The molecule has 0 spiro atoms. The Morgan fingerprint density at radius 3 is 2.48 bits per heavy atom. The highest BCUT2D eigenvalue weighted by Gasteiger charge is 2.41. The molecule has 8 heteroatoms. The van der Waals surface area contributed by atoms with Gasteiger partial charge in [-0.3, -0.25) is 10.1 Å². The number of nitrogens with zero attached hydrogens (tertiary/aromatic N) is 3. The van der Waals surface area contributed by atoms with Crippen molar-refractivity contribution in [3.63, 3.8) is 0 Å². The van der Waals surface area contributed by atoms with Gasteiger partial charge < -0.3 is 14.5 Å². The Kier molecular flexibility index (Phi) is 4.35. The van der Waals surface area contributed by atoms with E-state index in [0.29, 0.717) is 5.70 Å². The number of allylic oxidation sites excluding steroid dienone is 1. The van der Waals surface area contributed by atoms with Crippen LogP contribution in [0.4, 0.5) is 10.5 Å². The molecule has 1 aliphatic rings. The van der Waals surface area contributed by atoms with Crippen LogP contribution in [0.25, 0.3) is 0 Å². The lowest BCUT2D eigenvalue weighted by Crippen LogP contribution is -2.47. The van der Waals surface area contributed by atoms with Gasteiger partial charge in [-0.1, -0.05) is 12.1 Å². The molecule has 2 amide bonds. The highest BCUT2D eigenvalue weighted by Crippen LogP contribution is 2.39. The largest absolute Gasteiger partial charge is 0.466 e. The van der Waals surface area contributed by atoms with Crippen molar-refractivity contribution >= 4 is 17.7 Å². The summed E-state index contributed by atoms with van der Waals surface area (Å²) in [4.78, 5) is 38.0. The van der Waals surface area contributed by atoms with Crippen molar-refractivity contribution in [3.05, 3.63) is 51.2 Å². The first-order chi connectivity index (χ1) is 10.8. The van der Waals surface area contributed by atoms with Crippen molar-refractivity contribution in [1.82, 2.24) is 9.80 Å². The second-order valence-electron chi connectivity index (χ2n) is 5.16. The summed E-state index contributed by atoms with van der Waals surface area (Å²) in [6.07, 6.45) is 0. The molecule has 1 atom stereocenters. The highest BCUT2D eigenvalue weighted by molar-refractivity contribution is 5.95. The Balaban J connectivity index is 2.73. The summed E-state index contributed by atoms with van der Waals surface area (Å²) in [6.45, 7) is 1.61. The molecular weight excluding hydrogens is 302 g/mol. The van der Waals surface area contributed by atoms with Crippen LogP contribution in [0.1, 0.15) is 18.5 Å². The zero-order chi connectivity index (χ0) is 17.3. The minimum Gasteiger partial charge on any atom is -0.466 e. The third-order valence-corrected chi connectivity index (χ3v) is 3.98. The summed E-state index contributed by atoms with van der Waals surface area (Å²) in [5.41, 5.74) is 0.714. The summed E-state index contributed by atoms with van der Waals surface area (Å²) in [7, 11) is 4.26. The molecule has 1 aromatic carbocycles. The highest BCUT2D eigenvalue weighted by atomic mass is 16.6. The smallest absolute Gasteiger partial charge is 0.337 e. The van der Waals surface area contributed by atoms with Gasteiger partial charge in [-0.2, -0.15) is 0 Å². The Hall–Kier alpha value is -2.90. The van der Waals surface area contributed by atoms with E-state index in [0.717, 1.165) is 0 Å². The van der Waals surface area contributed by atoms with E-state index in [2.05, 4.69) is 0 Å². The van der Waals surface area contributed by atoms with Gasteiger partial charge in [0.2, 0.25) is 0 Å². The number of nitro groups is 1. The quantitative estimate of drug-likeness (QED) is 0.483. The van der Waals surface area contributed by atoms with E-state index in [1.807, 2.05) is 0 Å². The predicted molar refractivity (Wildman–Crippen MR) is 81.5 cm³/mol. The average Bonchev–Trinajstić information content (AvgIpc) is 2.55. The molecule has 1 aliphatic heterocycles. The lowest BCUT2D eigenvalue weighted by molar-refractivity contribution is -0.385. The molecule has 23 heavy (non-hydrogen) atoms. The Morgan fingerprint density at radius 2 is 1.91 bits per heavy atom. The third kappa shape index (κ3) is 2.63. The minimum absolute atomic E-state index is 0.157. The number of nitro benzene ring substituents is 1. The fourth-order valence-corrected chi connectivity index (χ4v) is 2.68. The average molecular weight is 319 g/mol. The molecule has 0 bridgehead atoms. The maximum atomic E-state index is 12.4. The first kappa shape index (κ1) is 16.5. The summed E-state index contributed by atoms with van der Waals surface area (Å²) in [6, 6.07) is 4.80. The number of hydrogen-bond acceptors (Lipinski definition) is 5. The molecule has 0 saturated carbocycles. The van der Waals surface area contributed by atoms with Crippen LogP contribution in [0, 0.1) is 10.1 Å². The SMILES string of the molecule is COC(=O)C1=C(C)N(C)C(=O)N(C)C1c1ccccc1[N+](=O)[O-]. The molecule has 0 fully saturated rings. The number of likely N-dealkylation sites (N-methyl/N-ethyl adjacent to an activating group) is 1. The molecular formula is C15H17N3O5. The standard InChI is InChI=1S/C15H17N3O5/c1-9-12(14(19)23-4)13(17(3)15(20)16(9)2)10-7-5-6-8-11(10)18(21)22/h5-8,13H,1-4H3. The molecule has 8 nitrogen and oxygen atoms in total. The summed E-state index contributed by atoms with van der Waals surface area (Å²) >= 11 is 0. The van der Waals surface area contributed by atoms with Crippen LogP contribution >= 0.6 is 0 Å². The second-order valence-corrected chi connectivity index (χ2v) is 5.16. The zero-order valence-corrected chi connectivity index (χ0v) is 13.3. The first-order valence-electron chi connectivity index (χ1n) is 6.84. The minimum atomic E-state index is -0.882. The number of para-hydroxylation sites is 1. The van der Waals surface area contributed by atoms with Gasteiger partial charge in [0.1, 0.15) is 0 Å². The number of ether oxygens (including phenoxy) is 1. The maximum Gasteiger partial charge on any atom is 0.337 e. The molecule has 0 aliphatic carbocycles.